The van der Waals surface area contributed by atoms with Gasteiger partial charge in [-0.05, 0) is 30.2 Å². The Kier molecular flexibility index (Phi) is 2.59. The third-order valence-corrected chi connectivity index (χ3v) is 2.55. The quantitative estimate of drug-likeness (QED) is 0.775. The molecule has 1 aromatic carbocycles. The highest BCUT2D eigenvalue weighted by molar-refractivity contribution is 9.10. The zero-order chi connectivity index (χ0) is 9.97. The summed E-state index contributed by atoms with van der Waals surface area (Å²) in [5.41, 5.74) is 3.44. The average molecular weight is 249 g/mol. The number of nitrogens with zero attached hydrogens (tertiary/aromatic N) is 2. The summed E-state index contributed by atoms with van der Waals surface area (Å²) in [6.07, 6.45) is 5.18. The number of benzene rings is 1. The summed E-state index contributed by atoms with van der Waals surface area (Å²) in [7, 11) is 0. The van der Waals surface area contributed by atoms with Crippen LogP contribution >= 0.6 is 15.9 Å². The van der Waals surface area contributed by atoms with Gasteiger partial charge >= 0.3 is 0 Å². The van der Waals surface area contributed by atoms with Gasteiger partial charge in [-0.25, -0.2) is 9.97 Å². The number of aromatic nitrogens is 2. The second kappa shape index (κ2) is 3.88. The van der Waals surface area contributed by atoms with E-state index in [4.69, 9.17) is 0 Å². The van der Waals surface area contributed by atoms with Crippen LogP contribution in [-0.2, 0) is 0 Å². The lowest BCUT2D eigenvalue weighted by Crippen LogP contribution is -1.85. The molecule has 0 atom stereocenters. The molecule has 0 amide bonds. The maximum absolute atomic E-state index is 4.00. The smallest absolute Gasteiger partial charge is 0.115 e. The van der Waals surface area contributed by atoms with E-state index in [2.05, 4.69) is 45.0 Å². The summed E-state index contributed by atoms with van der Waals surface area (Å²) >= 11 is 3.44. The lowest BCUT2D eigenvalue weighted by Gasteiger charge is -2.04. The van der Waals surface area contributed by atoms with E-state index in [-0.39, 0.29) is 0 Å². The van der Waals surface area contributed by atoms with Crippen molar-refractivity contribution in [1.82, 2.24) is 9.97 Å². The van der Waals surface area contributed by atoms with Gasteiger partial charge in [0.1, 0.15) is 6.33 Å². The second-order valence-corrected chi connectivity index (χ2v) is 4.00. The molecule has 0 aliphatic rings. The van der Waals surface area contributed by atoms with Crippen molar-refractivity contribution in [1.29, 1.82) is 0 Å². The molecule has 0 fully saturated rings. The SMILES string of the molecule is Cc1cc(Br)ccc1-c1cncnc1. The Morgan fingerprint density at radius 1 is 1.14 bits per heavy atom. The maximum Gasteiger partial charge on any atom is 0.115 e. The van der Waals surface area contributed by atoms with Gasteiger partial charge in [-0.2, -0.15) is 0 Å². The van der Waals surface area contributed by atoms with Gasteiger partial charge in [0, 0.05) is 22.4 Å². The summed E-state index contributed by atoms with van der Waals surface area (Å²) in [5.74, 6) is 0. The van der Waals surface area contributed by atoms with E-state index in [1.165, 1.54) is 17.5 Å². The Bertz CT molecular complexity index is 440. The van der Waals surface area contributed by atoms with Crippen molar-refractivity contribution in [2.45, 2.75) is 6.92 Å². The molecule has 0 aliphatic carbocycles. The monoisotopic (exact) mass is 248 g/mol. The first-order valence-corrected chi connectivity index (χ1v) is 5.08. The van der Waals surface area contributed by atoms with Gasteiger partial charge in [0.05, 0.1) is 0 Å². The van der Waals surface area contributed by atoms with E-state index < -0.39 is 0 Å². The van der Waals surface area contributed by atoms with Crippen LogP contribution in [0.4, 0.5) is 0 Å². The number of hydrogen-bond donors (Lipinski definition) is 0. The average Bonchev–Trinajstić information content (AvgIpc) is 2.19. The molecule has 0 aliphatic heterocycles. The minimum absolute atomic E-state index is 1.05. The van der Waals surface area contributed by atoms with Gasteiger partial charge in [-0.1, -0.05) is 22.0 Å². The molecule has 2 aromatic rings. The molecule has 1 aromatic heterocycles. The molecular weight excluding hydrogens is 240 g/mol. The van der Waals surface area contributed by atoms with E-state index in [0.717, 1.165) is 10.0 Å². The molecule has 3 heteroatoms. The van der Waals surface area contributed by atoms with Crippen molar-refractivity contribution in [2.24, 2.45) is 0 Å². The number of rotatable bonds is 1. The lowest BCUT2D eigenvalue weighted by atomic mass is 10.0. The zero-order valence-electron chi connectivity index (χ0n) is 7.74. The molecule has 14 heavy (non-hydrogen) atoms. The Balaban J connectivity index is 2.53. The largest absolute Gasteiger partial charge is 0.244 e. The van der Waals surface area contributed by atoms with Crippen LogP contribution in [0, 0.1) is 6.92 Å². The van der Waals surface area contributed by atoms with Crippen LogP contribution in [-0.4, -0.2) is 9.97 Å². The molecule has 0 saturated heterocycles. The van der Waals surface area contributed by atoms with Gasteiger partial charge in [0.25, 0.3) is 0 Å². The highest BCUT2D eigenvalue weighted by Crippen LogP contribution is 2.24. The third kappa shape index (κ3) is 1.82. The van der Waals surface area contributed by atoms with Gasteiger partial charge in [-0.15, -0.1) is 0 Å². The van der Waals surface area contributed by atoms with Gasteiger partial charge in [0.2, 0.25) is 0 Å². The van der Waals surface area contributed by atoms with Crippen molar-refractivity contribution >= 4 is 15.9 Å². The molecule has 2 rings (SSSR count). The predicted octanol–water partition coefficient (Wildman–Crippen LogP) is 3.21. The molecule has 70 valence electrons. The molecule has 2 nitrogen and oxygen atoms in total. The van der Waals surface area contributed by atoms with E-state index in [0.29, 0.717) is 0 Å². The highest BCUT2D eigenvalue weighted by Gasteiger charge is 2.01. The second-order valence-electron chi connectivity index (χ2n) is 3.09. The Labute approximate surface area is 91.2 Å². The fourth-order valence-corrected chi connectivity index (χ4v) is 1.86. The van der Waals surface area contributed by atoms with Gasteiger partial charge in [-0.3, -0.25) is 0 Å². The molecule has 0 saturated carbocycles. The van der Waals surface area contributed by atoms with Crippen molar-refractivity contribution in [3.8, 4) is 11.1 Å². The number of halogens is 1. The van der Waals surface area contributed by atoms with E-state index in [1.54, 1.807) is 0 Å². The normalized spacial score (nSPS) is 10.1. The van der Waals surface area contributed by atoms with Crippen molar-refractivity contribution < 1.29 is 0 Å². The standard InChI is InChI=1S/C11H9BrN2/c1-8-4-10(12)2-3-11(8)9-5-13-7-14-6-9/h2-7H,1H3. The van der Waals surface area contributed by atoms with Crippen molar-refractivity contribution in [3.63, 3.8) is 0 Å². The summed E-state index contributed by atoms with van der Waals surface area (Å²) in [5, 5.41) is 0. The third-order valence-electron chi connectivity index (χ3n) is 2.06. The van der Waals surface area contributed by atoms with E-state index in [9.17, 15) is 0 Å². The highest BCUT2D eigenvalue weighted by atomic mass is 79.9. The van der Waals surface area contributed by atoms with E-state index in [1.807, 2.05) is 18.5 Å². The Hall–Kier alpha value is -1.22. The maximum atomic E-state index is 4.00. The fraction of sp³-hybridized carbons (Fsp3) is 0.0909. The van der Waals surface area contributed by atoms with Gasteiger partial charge in [0.15, 0.2) is 0 Å². The molecule has 0 unspecified atom stereocenters. The molecular formula is C11H9BrN2. The topological polar surface area (TPSA) is 25.8 Å². The predicted molar refractivity (Wildman–Crippen MR) is 59.9 cm³/mol. The van der Waals surface area contributed by atoms with Crippen LogP contribution in [0.25, 0.3) is 11.1 Å². The minimum atomic E-state index is 1.05. The molecule has 0 spiro atoms. The van der Waals surface area contributed by atoms with E-state index >= 15 is 0 Å². The first-order valence-electron chi connectivity index (χ1n) is 4.29. The summed E-state index contributed by atoms with van der Waals surface area (Å²) in [6, 6.07) is 6.18. The molecule has 0 bridgehead atoms. The van der Waals surface area contributed by atoms with Crippen LogP contribution < -0.4 is 0 Å². The van der Waals surface area contributed by atoms with Crippen molar-refractivity contribution in [3.05, 3.63) is 47.0 Å². The zero-order valence-corrected chi connectivity index (χ0v) is 9.32. The fourth-order valence-electron chi connectivity index (χ4n) is 1.39. The number of hydrogen-bond acceptors (Lipinski definition) is 2. The molecule has 0 N–H and O–H groups in total. The summed E-state index contributed by atoms with van der Waals surface area (Å²) < 4.78 is 1.09. The summed E-state index contributed by atoms with van der Waals surface area (Å²) in [4.78, 5) is 8.00. The molecule has 0 radical (unpaired) electrons. The van der Waals surface area contributed by atoms with Crippen molar-refractivity contribution in [2.75, 3.05) is 0 Å². The minimum Gasteiger partial charge on any atom is -0.244 e. The Morgan fingerprint density at radius 3 is 2.50 bits per heavy atom. The lowest BCUT2D eigenvalue weighted by molar-refractivity contribution is 1.17. The first kappa shape index (κ1) is 9.34. The van der Waals surface area contributed by atoms with Gasteiger partial charge < -0.3 is 0 Å². The molecule has 1 heterocycles. The van der Waals surface area contributed by atoms with Crippen LogP contribution in [0.2, 0.25) is 0 Å². The summed E-state index contributed by atoms with van der Waals surface area (Å²) in [6.45, 7) is 2.08. The van der Waals surface area contributed by atoms with Crippen LogP contribution in [0.5, 0.6) is 0 Å². The first-order chi connectivity index (χ1) is 6.77. The van der Waals surface area contributed by atoms with Crippen LogP contribution in [0.1, 0.15) is 5.56 Å². The van der Waals surface area contributed by atoms with Crippen LogP contribution in [0.15, 0.2) is 41.4 Å². The van der Waals surface area contributed by atoms with Crippen LogP contribution in [0.3, 0.4) is 0 Å². The Morgan fingerprint density at radius 2 is 1.86 bits per heavy atom. The number of aryl methyl sites for hydroxylation is 1.